The second-order valence-corrected chi connectivity index (χ2v) is 14.7. The number of hydrogen-bond acceptors (Lipinski definition) is 2. The predicted molar refractivity (Wildman–Crippen MR) is 172 cm³/mol. The van der Waals surface area contributed by atoms with Crippen LogP contribution in [0.25, 0.3) is 5.57 Å². The van der Waals surface area contributed by atoms with Crippen molar-refractivity contribution < 1.29 is 159 Å². The first kappa shape index (κ1) is 63.5. The Labute approximate surface area is 376 Å². The first-order valence-electron chi connectivity index (χ1n) is 18.1. The Kier molecular flexibility index (Phi) is 16.7. The minimum absolute atomic E-state index is 0.0248. The van der Waals surface area contributed by atoms with Gasteiger partial charge in [-0.25, -0.2) is 0 Å². The molecular weight excluding hydrogens is 1110 g/mol. The van der Waals surface area contributed by atoms with Crippen LogP contribution in [-0.4, -0.2) is 108 Å². The zero-order valence-electron chi connectivity index (χ0n) is 33.7. The van der Waals surface area contributed by atoms with E-state index in [0.717, 1.165) is 48.5 Å². The molecule has 2 rings (SSSR count). The summed E-state index contributed by atoms with van der Waals surface area (Å²) in [7, 11) is 0. The molecule has 72 heavy (non-hydrogen) atoms. The van der Waals surface area contributed by atoms with E-state index in [0.29, 0.717) is 0 Å². The third-order valence-electron chi connectivity index (χ3n) is 9.79. The van der Waals surface area contributed by atoms with Crippen LogP contribution in [0.1, 0.15) is 36.8 Å². The lowest BCUT2D eigenvalue weighted by molar-refractivity contribution is -0.461. The maximum atomic E-state index is 14.2. The molecular formula is C36H22F34O2. The van der Waals surface area contributed by atoms with Crippen molar-refractivity contribution in [3.8, 4) is 11.5 Å². The van der Waals surface area contributed by atoms with E-state index in [1.54, 1.807) is 0 Å². The Bertz CT molecular complexity index is 2020. The van der Waals surface area contributed by atoms with E-state index in [-0.39, 0.29) is 16.7 Å². The van der Waals surface area contributed by atoms with Crippen LogP contribution in [0.5, 0.6) is 11.5 Å². The number of hydrogen-bond donors (Lipinski definition) is 0. The first-order valence-corrected chi connectivity index (χ1v) is 18.1. The molecule has 0 amide bonds. The summed E-state index contributed by atoms with van der Waals surface area (Å²) in [6.45, 7) is 1.03. The molecule has 0 fully saturated rings. The van der Waals surface area contributed by atoms with E-state index in [4.69, 9.17) is 9.47 Å². The molecule has 0 aliphatic heterocycles. The molecule has 2 aromatic rings. The summed E-state index contributed by atoms with van der Waals surface area (Å²) in [6, 6.07) is 7.81. The van der Waals surface area contributed by atoms with E-state index in [9.17, 15) is 149 Å². The minimum Gasteiger partial charge on any atom is -0.494 e. The summed E-state index contributed by atoms with van der Waals surface area (Å²) in [4.78, 5) is 0. The SMILES string of the molecule is C=C(c1ccc(OCCCC(F)(F)C(F)(F)C(F)(F)C(F)(F)C(F)(F)C(F)(F)C(F)(F)C(F)(F)F)cc1)c1ccc(OCCCC(F)(F)C(F)(F)C(F)(F)C(F)(F)C(F)(F)C(F)(F)C(F)(F)C(F)(F)F)cc1. The largest absolute Gasteiger partial charge is 0.494 e. The molecule has 0 saturated carbocycles. The lowest BCUT2D eigenvalue weighted by Crippen LogP contribution is -2.74. The highest BCUT2D eigenvalue weighted by Crippen LogP contribution is 2.66. The van der Waals surface area contributed by atoms with E-state index in [2.05, 4.69) is 6.58 Å². The van der Waals surface area contributed by atoms with Gasteiger partial charge >= 0.3 is 95.3 Å². The van der Waals surface area contributed by atoms with Gasteiger partial charge in [0, 0.05) is 12.8 Å². The fourth-order valence-electron chi connectivity index (χ4n) is 5.35. The van der Waals surface area contributed by atoms with Gasteiger partial charge in [0.25, 0.3) is 0 Å². The summed E-state index contributed by atoms with van der Waals surface area (Å²) < 4.78 is 467. The van der Waals surface area contributed by atoms with Crippen molar-refractivity contribution >= 4 is 5.57 Å². The van der Waals surface area contributed by atoms with Gasteiger partial charge in [0.15, 0.2) is 0 Å². The smallest absolute Gasteiger partial charge is 0.460 e. The monoisotopic (exact) mass is 1130 g/mol. The topological polar surface area (TPSA) is 18.5 Å². The van der Waals surface area contributed by atoms with Gasteiger partial charge < -0.3 is 9.47 Å². The highest BCUT2D eigenvalue weighted by molar-refractivity contribution is 5.78. The molecule has 0 saturated heterocycles. The van der Waals surface area contributed by atoms with Gasteiger partial charge in [0.1, 0.15) is 11.5 Å². The van der Waals surface area contributed by atoms with Gasteiger partial charge in [0.2, 0.25) is 0 Å². The van der Waals surface area contributed by atoms with E-state index in [1.165, 1.54) is 0 Å². The van der Waals surface area contributed by atoms with Crippen molar-refractivity contribution in [3.05, 3.63) is 66.2 Å². The maximum absolute atomic E-state index is 14.2. The number of rotatable bonds is 24. The Morgan fingerprint density at radius 2 is 0.486 bits per heavy atom. The lowest BCUT2D eigenvalue weighted by Gasteiger charge is -2.42. The highest BCUT2D eigenvalue weighted by atomic mass is 19.4. The third kappa shape index (κ3) is 9.91. The van der Waals surface area contributed by atoms with Crippen molar-refractivity contribution in [3.63, 3.8) is 0 Å². The molecule has 0 spiro atoms. The van der Waals surface area contributed by atoms with Gasteiger partial charge in [-0.1, -0.05) is 30.8 Å². The van der Waals surface area contributed by atoms with Gasteiger partial charge in [-0.15, -0.1) is 0 Å². The van der Waals surface area contributed by atoms with Crippen LogP contribution in [-0.2, 0) is 0 Å². The molecule has 0 aliphatic carbocycles. The van der Waals surface area contributed by atoms with Crippen molar-refractivity contribution in [1.29, 1.82) is 0 Å². The van der Waals surface area contributed by atoms with Gasteiger partial charge in [0.05, 0.1) is 13.2 Å². The summed E-state index contributed by atoms with van der Waals surface area (Å²) in [5.74, 6) is -116. The van der Waals surface area contributed by atoms with Crippen LogP contribution < -0.4 is 9.47 Å². The Hall–Kier alpha value is -4.60. The first-order chi connectivity index (χ1) is 31.5. The number of ether oxygens (including phenoxy) is 2. The summed E-state index contributed by atoms with van der Waals surface area (Å²) in [5, 5.41) is 0. The molecule has 36 heteroatoms. The van der Waals surface area contributed by atoms with Crippen molar-refractivity contribution in [2.45, 2.75) is 121 Å². The Balaban J connectivity index is 2.08. The number of benzene rings is 2. The van der Waals surface area contributed by atoms with Crippen LogP contribution in [0.2, 0.25) is 0 Å². The van der Waals surface area contributed by atoms with E-state index < -0.39 is 146 Å². The minimum atomic E-state index is -8.80. The molecule has 2 nitrogen and oxygen atoms in total. The fourth-order valence-corrected chi connectivity index (χ4v) is 5.35. The fraction of sp³-hybridized carbons (Fsp3) is 0.611. The molecule has 0 heterocycles. The van der Waals surface area contributed by atoms with Gasteiger partial charge in [-0.2, -0.15) is 149 Å². The van der Waals surface area contributed by atoms with Gasteiger partial charge in [-0.3, -0.25) is 0 Å². The quantitative estimate of drug-likeness (QED) is 0.0770. The van der Waals surface area contributed by atoms with E-state index >= 15 is 0 Å². The molecule has 0 atom stereocenters. The van der Waals surface area contributed by atoms with E-state index in [1.807, 2.05) is 0 Å². The zero-order valence-corrected chi connectivity index (χ0v) is 33.7. The van der Waals surface area contributed by atoms with Crippen molar-refractivity contribution in [2.75, 3.05) is 13.2 Å². The van der Waals surface area contributed by atoms with Crippen LogP contribution in [0.3, 0.4) is 0 Å². The molecule has 0 bridgehead atoms. The number of halogens is 34. The highest BCUT2D eigenvalue weighted by Gasteiger charge is 2.97. The molecule has 0 unspecified atom stereocenters. The van der Waals surface area contributed by atoms with Crippen LogP contribution in [0, 0.1) is 0 Å². The molecule has 0 aromatic heterocycles. The average molecular weight is 1130 g/mol. The molecule has 0 N–H and O–H groups in total. The maximum Gasteiger partial charge on any atom is 0.460 e. The van der Waals surface area contributed by atoms with Gasteiger partial charge in [-0.05, 0) is 53.8 Å². The summed E-state index contributed by atoms with van der Waals surface area (Å²) >= 11 is 0. The zero-order chi connectivity index (χ0) is 57.2. The Morgan fingerprint density at radius 1 is 0.292 bits per heavy atom. The molecule has 0 radical (unpaired) electrons. The standard InChI is InChI=1S/C36H22F34O2/c1-16(17-4-8-19(9-5-17)71-14-2-12-21(37,38)23(41,42)25(45,46)27(49,50)29(53,54)31(57,58)33(61,62)35(65,66)67)18-6-10-20(11-7-18)72-15-3-13-22(39,40)24(43,44)26(47,48)28(51,52)30(55,56)32(59,60)34(63,64)36(68,69)70/h4-11H,1-3,12-15H2. The third-order valence-corrected chi connectivity index (χ3v) is 9.79. The summed E-state index contributed by atoms with van der Waals surface area (Å²) in [6.07, 6.45) is -24.6. The van der Waals surface area contributed by atoms with Crippen molar-refractivity contribution in [2.24, 2.45) is 0 Å². The normalized spacial score (nSPS) is 15.5. The number of alkyl halides is 34. The lowest BCUT2D eigenvalue weighted by atomic mass is 9.88. The second kappa shape index (κ2) is 19.0. The molecule has 0 aliphatic rings. The molecule has 416 valence electrons. The van der Waals surface area contributed by atoms with Crippen molar-refractivity contribution in [1.82, 2.24) is 0 Å². The Morgan fingerprint density at radius 3 is 0.694 bits per heavy atom. The van der Waals surface area contributed by atoms with Crippen LogP contribution in [0.4, 0.5) is 149 Å². The van der Waals surface area contributed by atoms with Crippen LogP contribution >= 0.6 is 0 Å². The second-order valence-electron chi connectivity index (χ2n) is 14.7. The molecule has 2 aromatic carbocycles. The predicted octanol–water partition coefficient (Wildman–Crippen LogP) is 16.1. The van der Waals surface area contributed by atoms with Crippen LogP contribution in [0.15, 0.2) is 55.1 Å². The average Bonchev–Trinajstić information content (AvgIpc) is 3.22. The summed E-state index contributed by atoms with van der Waals surface area (Å²) in [5.41, 5.74) is 0.0897.